The molecule has 0 atom stereocenters. The van der Waals surface area contributed by atoms with Crippen LogP contribution in [0.25, 0.3) is 0 Å². The molecule has 82 valence electrons. The van der Waals surface area contributed by atoms with Gasteiger partial charge in [-0.25, -0.2) is 0 Å². The van der Waals surface area contributed by atoms with Gasteiger partial charge in [-0.1, -0.05) is 13.0 Å². The van der Waals surface area contributed by atoms with Crippen molar-refractivity contribution in [1.29, 1.82) is 0 Å². The van der Waals surface area contributed by atoms with Gasteiger partial charge in [-0.05, 0) is 30.5 Å². The first-order chi connectivity index (χ1) is 7.13. The normalized spacial score (nSPS) is 10.2. The van der Waals surface area contributed by atoms with Crippen molar-refractivity contribution in [2.24, 2.45) is 0 Å². The fraction of sp³-hybridized carbons (Fsp3) is 0.417. The number of carbonyl (C=O) groups is 1. The predicted octanol–water partition coefficient (Wildman–Crippen LogP) is 2.40. The third kappa shape index (κ3) is 3.62. The zero-order valence-corrected chi connectivity index (χ0v) is 8.86. The Morgan fingerprint density at radius 2 is 1.93 bits per heavy atom. The molecule has 0 amide bonds. The van der Waals surface area contributed by atoms with Gasteiger partial charge in [0.25, 0.3) is 0 Å². The number of Topliss-reactive ketones (excluding diaryl/α,β-unsaturated/α-hetero) is 1. The average molecular weight is 208 g/mol. The van der Waals surface area contributed by atoms with Crippen molar-refractivity contribution in [3.05, 3.63) is 23.8 Å². The van der Waals surface area contributed by atoms with Crippen molar-refractivity contribution in [3.63, 3.8) is 0 Å². The molecule has 0 fully saturated rings. The Morgan fingerprint density at radius 1 is 1.20 bits per heavy atom. The van der Waals surface area contributed by atoms with Crippen LogP contribution in [-0.4, -0.2) is 16.0 Å². The van der Waals surface area contributed by atoms with E-state index in [4.69, 9.17) is 5.11 Å². The van der Waals surface area contributed by atoms with Gasteiger partial charge in [0.15, 0.2) is 11.5 Å². The Hall–Kier alpha value is -1.51. The van der Waals surface area contributed by atoms with Crippen LogP contribution in [-0.2, 0) is 11.2 Å². The summed E-state index contributed by atoms with van der Waals surface area (Å²) in [7, 11) is 0. The van der Waals surface area contributed by atoms with E-state index >= 15 is 0 Å². The second-order valence-corrected chi connectivity index (χ2v) is 3.61. The molecular formula is C12H16O3. The summed E-state index contributed by atoms with van der Waals surface area (Å²) >= 11 is 0. The first-order valence-corrected chi connectivity index (χ1v) is 5.16. The lowest BCUT2D eigenvalue weighted by Crippen LogP contribution is -1.99. The molecule has 0 saturated heterocycles. The van der Waals surface area contributed by atoms with Crippen molar-refractivity contribution in [3.8, 4) is 11.5 Å². The fourth-order valence-corrected chi connectivity index (χ4v) is 1.41. The smallest absolute Gasteiger partial charge is 0.157 e. The van der Waals surface area contributed by atoms with Crippen molar-refractivity contribution < 1.29 is 15.0 Å². The minimum absolute atomic E-state index is 0.126. The second kappa shape index (κ2) is 5.39. The number of hydrogen-bond donors (Lipinski definition) is 2. The highest BCUT2D eigenvalue weighted by atomic mass is 16.3. The van der Waals surface area contributed by atoms with Crippen LogP contribution in [0.4, 0.5) is 0 Å². The standard InChI is InChI=1S/C12H16O3/c1-2-3-10(13)6-4-9-5-7-11(14)12(15)8-9/h5,7-8,14-15H,2-4,6H2,1H3. The zero-order chi connectivity index (χ0) is 11.3. The monoisotopic (exact) mass is 208 g/mol. The second-order valence-electron chi connectivity index (χ2n) is 3.61. The highest BCUT2D eigenvalue weighted by molar-refractivity contribution is 5.78. The van der Waals surface area contributed by atoms with Gasteiger partial charge >= 0.3 is 0 Å². The number of hydrogen-bond acceptors (Lipinski definition) is 3. The maximum absolute atomic E-state index is 11.3. The summed E-state index contributed by atoms with van der Waals surface area (Å²) in [5.74, 6) is -0.0147. The van der Waals surface area contributed by atoms with Crippen LogP contribution in [0.15, 0.2) is 18.2 Å². The lowest BCUT2D eigenvalue weighted by Gasteiger charge is -2.02. The Bertz CT molecular complexity index is 345. The number of phenols is 2. The van der Waals surface area contributed by atoms with Gasteiger partial charge in [0, 0.05) is 12.8 Å². The molecule has 0 aliphatic rings. The first kappa shape index (κ1) is 11.6. The molecule has 0 spiro atoms. The minimum atomic E-state index is -0.129. The number of phenolic OH excluding ortho intramolecular Hbond substituents is 2. The van der Waals surface area contributed by atoms with Gasteiger partial charge in [0.2, 0.25) is 0 Å². The van der Waals surface area contributed by atoms with Crippen LogP contribution in [0.3, 0.4) is 0 Å². The van der Waals surface area contributed by atoms with E-state index in [1.54, 1.807) is 6.07 Å². The molecule has 0 aliphatic carbocycles. The van der Waals surface area contributed by atoms with Crippen molar-refractivity contribution in [2.75, 3.05) is 0 Å². The number of benzene rings is 1. The molecule has 1 aromatic rings. The average Bonchev–Trinajstić information content (AvgIpc) is 2.20. The first-order valence-electron chi connectivity index (χ1n) is 5.16. The van der Waals surface area contributed by atoms with E-state index in [1.165, 1.54) is 12.1 Å². The number of ketones is 1. The van der Waals surface area contributed by atoms with Crippen LogP contribution in [0, 0.1) is 0 Å². The molecule has 0 bridgehead atoms. The zero-order valence-electron chi connectivity index (χ0n) is 8.86. The van der Waals surface area contributed by atoms with Crippen LogP contribution in [0.5, 0.6) is 11.5 Å². The fourth-order valence-electron chi connectivity index (χ4n) is 1.41. The molecular weight excluding hydrogens is 192 g/mol. The minimum Gasteiger partial charge on any atom is -0.504 e. The van der Waals surface area contributed by atoms with Crippen molar-refractivity contribution in [2.45, 2.75) is 32.6 Å². The van der Waals surface area contributed by atoms with Crippen LogP contribution in [0.2, 0.25) is 0 Å². The van der Waals surface area contributed by atoms with E-state index < -0.39 is 0 Å². The van der Waals surface area contributed by atoms with E-state index in [-0.39, 0.29) is 17.3 Å². The third-order valence-corrected chi connectivity index (χ3v) is 2.26. The molecule has 1 rings (SSSR count). The Balaban J connectivity index is 2.51. The summed E-state index contributed by atoms with van der Waals surface area (Å²) in [6.07, 6.45) is 2.61. The van der Waals surface area contributed by atoms with E-state index in [0.717, 1.165) is 12.0 Å². The Kier molecular flexibility index (Phi) is 4.16. The van der Waals surface area contributed by atoms with Crippen LogP contribution < -0.4 is 0 Å². The molecule has 0 saturated carbocycles. The molecule has 0 aliphatic heterocycles. The van der Waals surface area contributed by atoms with E-state index in [1.807, 2.05) is 6.92 Å². The molecule has 0 radical (unpaired) electrons. The van der Waals surface area contributed by atoms with E-state index in [2.05, 4.69) is 0 Å². The third-order valence-electron chi connectivity index (χ3n) is 2.26. The van der Waals surface area contributed by atoms with Gasteiger partial charge in [-0.15, -0.1) is 0 Å². The van der Waals surface area contributed by atoms with Crippen LogP contribution >= 0.6 is 0 Å². The van der Waals surface area contributed by atoms with Crippen molar-refractivity contribution in [1.82, 2.24) is 0 Å². The Labute approximate surface area is 89.4 Å². The molecule has 2 N–H and O–H groups in total. The highest BCUT2D eigenvalue weighted by Crippen LogP contribution is 2.25. The number of aromatic hydroxyl groups is 2. The van der Waals surface area contributed by atoms with Gasteiger partial charge in [0.1, 0.15) is 5.78 Å². The molecule has 1 aromatic carbocycles. The molecule has 3 heteroatoms. The van der Waals surface area contributed by atoms with Crippen LogP contribution in [0.1, 0.15) is 31.7 Å². The van der Waals surface area contributed by atoms with Gasteiger partial charge in [0.05, 0.1) is 0 Å². The Morgan fingerprint density at radius 3 is 2.53 bits per heavy atom. The summed E-state index contributed by atoms with van der Waals surface area (Å²) < 4.78 is 0. The molecule has 3 nitrogen and oxygen atoms in total. The number of rotatable bonds is 5. The van der Waals surface area contributed by atoms with E-state index in [9.17, 15) is 9.90 Å². The molecule has 0 unspecified atom stereocenters. The summed E-state index contributed by atoms with van der Waals surface area (Å²) in [5, 5.41) is 18.3. The maximum atomic E-state index is 11.3. The SMILES string of the molecule is CCCC(=O)CCc1ccc(O)c(O)c1. The molecule has 0 heterocycles. The summed E-state index contributed by atoms with van der Waals surface area (Å²) in [6.45, 7) is 1.98. The predicted molar refractivity (Wildman–Crippen MR) is 58.0 cm³/mol. The summed E-state index contributed by atoms with van der Waals surface area (Å²) in [4.78, 5) is 11.3. The highest BCUT2D eigenvalue weighted by Gasteiger charge is 2.04. The quantitative estimate of drug-likeness (QED) is 0.730. The lowest BCUT2D eigenvalue weighted by atomic mass is 10.0. The summed E-state index contributed by atoms with van der Waals surface area (Å²) in [6, 6.07) is 4.65. The molecule has 0 aromatic heterocycles. The van der Waals surface area contributed by atoms with Gasteiger partial charge in [-0.2, -0.15) is 0 Å². The lowest BCUT2D eigenvalue weighted by molar-refractivity contribution is -0.119. The largest absolute Gasteiger partial charge is 0.504 e. The number of carbonyl (C=O) groups excluding carboxylic acids is 1. The maximum Gasteiger partial charge on any atom is 0.157 e. The topological polar surface area (TPSA) is 57.5 Å². The van der Waals surface area contributed by atoms with E-state index in [0.29, 0.717) is 19.3 Å². The summed E-state index contributed by atoms with van der Waals surface area (Å²) in [5.41, 5.74) is 0.870. The van der Waals surface area contributed by atoms with Gasteiger partial charge < -0.3 is 10.2 Å². The number of aryl methyl sites for hydroxylation is 1. The van der Waals surface area contributed by atoms with Crippen molar-refractivity contribution >= 4 is 5.78 Å². The van der Waals surface area contributed by atoms with Gasteiger partial charge in [-0.3, -0.25) is 4.79 Å². The molecule has 15 heavy (non-hydrogen) atoms.